The minimum atomic E-state index is -0.406. The normalized spacial score (nSPS) is 13.0. The smallest absolute Gasteiger partial charge is 0.102 e. The lowest BCUT2D eigenvalue weighted by atomic mass is 9.72. The van der Waals surface area contributed by atoms with Crippen LogP contribution in [0.2, 0.25) is 0 Å². The quantitative estimate of drug-likeness (QED) is 0.180. The van der Waals surface area contributed by atoms with Gasteiger partial charge in [0.15, 0.2) is 0 Å². The second-order valence-corrected chi connectivity index (χ2v) is 13.0. The van der Waals surface area contributed by atoms with Crippen molar-refractivity contribution in [2.45, 2.75) is 52.6 Å². The molecule has 6 aromatic carbocycles. The summed E-state index contributed by atoms with van der Waals surface area (Å²) in [6, 6.07) is 57.9. The van der Waals surface area contributed by atoms with Gasteiger partial charge in [-0.2, -0.15) is 0 Å². The van der Waals surface area contributed by atoms with Crippen LogP contribution in [-0.2, 0) is 24.9 Å². The first kappa shape index (κ1) is 31.7. The molecular weight excluding hydrogens is 605 g/mol. The summed E-state index contributed by atoms with van der Waals surface area (Å²) in [6.45, 7) is 10.4. The molecular formula is C48H44N2. The second kappa shape index (κ2) is 13.0. The Kier molecular flexibility index (Phi) is 8.25. The standard InChI is InChI=1S/C33H28N2.C13H10.C2H6/c1-3-34-29-19-11-5-13-23(29)21-31(34)33(32-22-24-14-6-12-20-30(24)35(32)4-2)27-17-9-7-15-25(27)26-16-8-10-18-28(26)33;1-3-7-12-10(5-1)9-11-6-2-4-8-13(11)12;1-2/h5-22H,3-4H2,1-2H3;1-8H,9H2;1-2H3. The lowest BCUT2D eigenvalue weighted by Gasteiger charge is -2.35. The summed E-state index contributed by atoms with van der Waals surface area (Å²) in [5.41, 5.74) is 16.0. The van der Waals surface area contributed by atoms with Crippen molar-refractivity contribution in [3.05, 3.63) is 191 Å². The van der Waals surface area contributed by atoms with E-state index in [1.54, 1.807) is 0 Å². The highest BCUT2D eigenvalue weighted by atomic mass is 15.0. The summed E-state index contributed by atoms with van der Waals surface area (Å²) in [7, 11) is 0. The Labute approximate surface area is 296 Å². The molecule has 0 aliphatic heterocycles. The van der Waals surface area contributed by atoms with Gasteiger partial charge < -0.3 is 9.13 Å². The molecule has 8 aromatic rings. The summed E-state index contributed by atoms with van der Waals surface area (Å²) < 4.78 is 5.07. The number of hydrogen-bond acceptors (Lipinski definition) is 0. The zero-order chi connectivity index (χ0) is 34.2. The number of benzene rings is 6. The first-order valence-electron chi connectivity index (χ1n) is 18.3. The molecule has 2 aromatic heterocycles. The van der Waals surface area contributed by atoms with Gasteiger partial charge in [-0.1, -0.05) is 147 Å². The molecule has 2 heterocycles. The van der Waals surface area contributed by atoms with Crippen LogP contribution in [0.25, 0.3) is 44.1 Å². The number of nitrogens with zero attached hydrogens (tertiary/aromatic N) is 2. The monoisotopic (exact) mass is 648 g/mol. The lowest BCUT2D eigenvalue weighted by molar-refractivity contribution is 0.595. The topological polar surface area (TPSA) is 9.86 Å². The number of aryl methyl sites for hydroxylation is 2. The number of fused-ring (bicyclic) bond motifs is 8. The van der Waals surface area contributed by atoms with Gasteiger partial charge in [-0.3, -0.25) is 0 Å². The van der Waals surface area contributed by atoms with Crippen LogP contribution in [0.15, 0.2) is 158 Å². The van der Waals surface area contributed by atoms with E-state index in [9.17, 15) is 0 Å². The Balaban J connectivity index is 0.000000200. The third-order valence-corrected chi connectivity index (χ3v) is 10.7. The first-order chi connectivity index (χ1) is 24.7. The zero-order valence-corrected chi connectivity index (χ0v) is 29.5. The molecule has 246 valence electrons. The average molecular weight is 649 g/mol. The van der Waals surface area contributed by atoms with Gasteiger partial charge in [0.2, 0.25) is 0 Å². The van der Waals surface area contributed by atoms with E-state index in [-0.39, 0.29) is 0 Å². The molecule has 10 rings (SSSR count). The largest absolute Gasteiger partial charge is 0.343 e. The molecule has 0 radical (unpaired) electrons. The maximum atomic E-state index is 2.53. The van der Waals surface area contributed by atoms with Crippen LogP contribution in [-0.4, -0.2) is 9.13 Å². The van der Waals surface area contributed by atoms with Crippen molar-refractivity contribution in [1.29, 1.82) is 0 Å². The highest BCUT2D eigenvalue weighted by molar-refractivity contribution is 5.91. The van der Waals surface area contributed by atoms with Gasteiger partial charge in [0.25, 0.3) is 0 Å². The van der Waals surface area contributed by atoms with Gasteiger partial charge in [-0.25, -0.2) is 0 Å². The average Bonchev–Trinajstić information content (AvgIpc) is 3.94. The number of rotatable bonds is 4. The third-order valence-electron chi connectivity index (χ3n) is 10.7. The molecule has 0 saturated carbocycles. The summed E-state index contributed by atoms with van der Waals surface area (Å²) in [6.07, 6.45) is 1.10. The Bertz CT molecular complexity index is 2300. The van der Waals surface area contributed by atoms with Crippen molar-refractivity contribution in [2.75, 3.05) is 0 Å². The van der Waals surface area contributed by atoms with Gasteiger partial charge in [-0.15, -0.1) is 0 Å². The molecule has 0 atom stereocenters. The van der Waals surface area contributed by atoms with Crippen LogP contribution in [0.3, 0.4) is 0 Å². The number of para-hydroxylation sites is 2. The molecule has 2 aliphatic rings. The zero-order valence-electron chi connectivity index (χ0n) is 29.5. The maximum absolute atomic E-state index is 2.53. The van der Waals surface area contributed by atoms with E-state index in [4.69, 9.17) is 0 Å². The molecule has 2 heteroatoms. The SMILES string of the molecule is CC.CCn1c(C2(c3cc4ccccc4n3CC)c3ccccc3-c3ccccc32)cc2ccccc21.c1ccc2c(c1)Cc1ccccc1-2. The molecule has 2 nitrogen and oxygen atoms in total. The van der Waals surface area contributed by atoms with Crippen LogP contribution in [0.1, 0.15) is 61.3 Å². The van der Waals surface area contributed by atoms with Gasteiger partial charge in [0.05, 0.1) is 0 Å². The molecule has 0 fully saturated rings. The molecule has 0 saturated heterocycles. The van der Waals surface area contributed by atoms with E-state index < -0.39 is 5.41 Å². The van der Waals surface area contributed by atoms with Crippen molar-refractivity contribution >= 4 is 21.8 Å². The summed E-state index contributed by atoms with van der Waals surface area (Å²) in [5, 5.41) is 2.59. The Morgan fingerprint density at radius 2 is 0.800 bits per heavy atom. The molecule has 0 unspecified atom stereocenters. The Hall–Kier alpha value is -5.60. The van der Waals surface area contributed by atoms with Crippen molar-refractivity contribution in [1.82, 2.24) is 9.13 Å². The Morgan fingerprint density at radius 1 is 0.440 bits per heavy atom. The Morgan fingerprint density at radius 3 is 1.24 bits per heavy atom. The van der Waals surface area contributed by atoms with Gasteiger partial charge in [0, 0.05) is 35.5 Å². The van der Waals surface area contributed by atoms with E-state index in [0.29, 0.717) is 0 Å². The summed E-state index contributed by atoms with van der Waals surface area (Å²) >= 11 is 0. The third kappa shape index (κ3) is 4.70. The van der Waals surface area contributed by atoms with E-state index in [0.717, 1.165) is 19.5 Å². The van der Waals surface area contributed by atoms with E-state index in [1.165, 1.54) is 77.7 Å². The molecule has 0 spiro atoms. The van der Waals surface area contributed by atoms with Crippen LogP contribution in [0, 0.1) is 0 Å². The highest BCUT2D eigenvalue weighted by Crippen LogP contribution is 2.57. The fourth-order valence-corrected chi connectivity index (χ4v) is 8.72. The molecule has 0 N–H and O–H groups in total. The van der Waals surface area contributed by atoms with Crippen LogP contribution in [0.5, 0.6) is 0 Å². The van der Waals surface area contributed by atoms with Crippen molar-refractivity contribution in [2.24, 2.45) is 0 Å². The predicted octanol–water partition coefficient (Wildman–Crippen LogP) is 12.3. The minimum Gasteiger partial charge on any atom is -0.343 e. The van der Waals surface area contributed by atoms with Crippen molar-refractivity contribution < 1.29 is 0 Å². The number of hydrogen-bond donors (Lipinski definition) is 0. The van der Waals surface area contributed by atoms with Crippen LogP contribution < -0.4 is 0 Å². The van der Waals surface area contributed by atoms with Gasteiger partial charge in [0.1, 0.15) is 5.41 Å². The lowest BCUT2D eigenvalue weighted by Crippen LogP contribution is -2.33. The van der Waals surface area contributed by atoms with Crippen LogP contribution >= 0.6 is 0 Å². The van der Waals surface area contributed by atoms with Crippen LogP contribution in [0.4, 0.5) is 0 Å². The van der Waals surface area contributed by atoms with Crippen molar-refractivity contribution in [3.8, 4) is 22.3 Å². The van der Waals surface area contributed by atoms with E-state index >= 15 is 0 Å². The van der Waals surface area contributed by atoms with Gasteiger partial charge >= 0.3 is 0 Å². The molecule has 2 aliphatic carbocycles. The molecule has 0 amide bonds. The summed E-state index contributed by atoms with van der Waals surface area (Å²) in [5.74, 6) is 0. The fraction of sp³-hybridized carbons (Fsp3) is 0.167. The highest BCUT2D eigenvalue weighted by Gasteiger charge is 2.49. The second-order valence-electron chi connectivity index (χ2n) is 13.0. The molecule has 0 bridgehead atoms. The maximum Gasteiger partial charge on any atom is 0.102 e. The van der Waals surface area contributed by atoms with E-state index in [2.05, 4.69) is 181 Å². The van der Waals surface area contributed by atoms with Crippen molar-refractivity contribution in [3.63, 3.8) is 0 Å². The summed E-state index contributed by atoms with van der Waals surface area (Å²) in [4.78, 5) is 0. The minimum absolute atomic E-state index is 0.406. The van der Waals surface area contributed by atoms with E-state index in [1.807, 2.05) is 13.8 Å². The first-order valence-corrected chi connectivity index (χ1v) is 18.3. The fourth-order valence-electron chi connectivity index (χ4n) is 8.72. The van der Waals surface area contributed by atoms with Gasteiger partial charge in [-0.05, 0) is 99.8 Å². The number of aromatic nitrogens is 2. The molecule has 50 heavy (non-hydrogen) atoms. The predicted molar refractivity (Wildman–Crippen MR) is 212 cm³/mol.